The van der Waals surface area contributed by atoms with Gasteiger partial charge in [0.2, 0.25) is 0 Å². The number of thiazole rings is 1. The fourth-order valence-electron chi connectivity index (χ4n) is 3.90. The Kier molecular flexibility index (Phi) is 5.23. The van der Waals surface area contributed by atoms with E-state index in [0.29, 0.717) is 12.5 Å². The molecule has 140 valence electrons. The van der Waals surface area contributed by atoms with E-state index in [-0.39, 0.29) is 5.91 Å². The van der Waals surface area contributed by atoms with Crippen LogP contribution < -0.4 is 10.2 Å². The summed E-state index contributed by atoms with van der Waals surface area (Å²) in [6.07, 6.45) is 2.31. The monoisotopic (exact) mass is 380 g/mol. The Bertz CT molecular complexity index is 932. The lowest BCUT2D eigenvalue weighted by atomic mass is 9.99. The van der Waals surface area contributed by atoms with Crippen molar-refractivity contribution in [2.24, 2.45) is 0 Å². The summed E-state index contributed by atoms with van der Waals surface area (Å²) in [6.45, 7) is 6.70. The maximum Gasteiger partial charge on any atom is 0.279 e. The van der Waals surface area contributed by atoms with Gasteiger partial charge in [0.05, 0.1) is 29.2 Å². The van der Waals surface area contributed by atoms with Crippen LogP contribution in [0, 0.1) is 13.8 Å². The summed E-state index contributed by atoms with van der Waals surface area (Å²) in [5.74, 6) is 0.559. The van der Waals surface area contributed by atoms with Gasteiger partial charge >= 0.3 is 0 Å². The van der Waals surface area contributed by atoms with Crippen molar-refractivity contribution < 1.29 is 9.69 Å². The van der Waals surface area contributed by atoms with Crippen LogP contribution in [-0.4, -0.2) is 30.5 Å². The quantitative estimate of drug-likeness (QED) is 0.729. The van der Waals surface area contributed by atoms with Gasteiger partial charge in [-0.2, -0.15) is 0 Å². The first-order valence-corrected chi connectivity index (χ1v) is 10.5. The van der Waals surface area contributed by atoms with Crippen LogP contribution in [0.15, 0.2) is 42.5 Å². The minimum absolute atomic E-state index is 0.101. The van der Waals surface area contributed by atoms with Gasteiger partial charge in [-0.15, -0.1) is 11.3 Å². The zero-order valence-electron chi connectivity index (χ0n) is 15.9. The molecule has 1 amide bonds. The van der Waals surface area contributed by atoms with Crippen LogP contribution in [0.1, 0.15) is 34.9 Å². The van der Waals surface area contributed by atoms with Gasteiger partial charge in [0.15, 0.2) is 6.54 Å². The number of nitrogens with zero attached hydrogens (tertiary/aromatic N) is 1. The lowest BCUT2D eigenvalue weighted by molar-refractivity contribution is -0.898. The normalized spacial score (nSPS) is 19.9. The number of rotatable bonds is 4. The topological polar surface area (TPSA) is 46.4 Å². The molecule has 1 aromatic heterocycles. The van der Waals surface area contributed by atoms with E-state index in [0.717, 1.165) is 36.3 Å². The Labute approximate surface area is 164 Å². The maximum atomic E-state index is 12.6. The molecule has 2 aromatic carbocycles. The second-order valence-corrected chi connectivity index (χ2v) is 8.60. The van der Waals surface area contributed by atoms with Crippen LogP contribution in [0.5, 0.6) is 0 Å². The molecule has 2 N–H and O–H groups in total. The van der Waals surface area contributed by atoms with Gasteiger partial charge in [-0.25, -0.2) is 4.98 Å². The molecule has 0 bridgehead atoms. The fraction of sp³-hybridized carbons (Fsp3) is 0.364. The predicted molar refractivity (Wildman–Crippen MR) is 112 cm³/mol. The average Bonchev–Trinajstić information content (AvgIpc) is 3.10. The molecule has 3 aromatic rings. The Morgan fingerprint density at radius 2 is 2.07 bits per heavy atom. The van der Waals surface area contributed by atoms with Crippen LogP contribution in [0.25, 0.3) is 10.2 Å². The molecule has 0 radical (unpaired) electrons. The summed E-state index contributed by atoms with van der Waals surface area (Å²) in [6, 6.07) is 14.4. The first-order valence-electron chi connectivity index (χ1n) is 9.65. The van der Waals surface area contributed by atoms with Gasteiger partial charge in [-0.05, 0) is 56.0 Å². The van der Waals surface area contributed by atoms with Crippen molar-refractivity contribution in [3.05, 3.63) is 58.6 Å². The van der Waals surface area contributed by atoms with Crippen LogP contribution in [-0.2, 0) is 4.79 Å². The van der Waals surface area contributed by atoms with Gasteiger partial charge in [0.1, 0.15) is 5.01 Å². The number of likely N-dealkylation sites (tertiary alicyclic amines) is 1. The van der Waals surface area contributed by atoms with Crippen molar-refractivity contribution in [2.45, 2.75) is 32.6 Å². The van der Waals surface area contributed by atoms with E-state index < -0.39 is 0 Å². The van der Waals surface area contributed by atoms with Gasteiger partial charge in [0, 0.05) is 5.69 Å². The highest BCUT2D eigenvalue weighted by molar-refractivity contribution is 7.18. The molecule has 1 fully saturated rings. The number of nitrogens with one attached hydrogen (secondary N) is 2. The molecule has 0 aliphatic carbocycles. The number of amides is 1. The number of hydrogen-bond acceptors (Lipinski definition) is 3. The number of para-hydroxylation sites is 1. The predicted octanol–water partition coefficient (Wildman–Crippen LogP) is 3.31. The van der Waals surface area contributed by atoms with E-state index in [1.807, 2.05) is 18.2 Å². The third kappa shape index (κ3) is 4.04. The zero-order chi connectivity index (χ0) is 18.8. The lowest BCUT2D eigenvalue weighted by Gasteiger charge is -2.28. The van der Waals surface area contributed by atoms with Gasteiger partial charge in [-0.1, -0.05) is 24.3 Å². The molecule has 27 heavy (non-hydrogen) atoms. The largest absolute Gasteiger partial charge is 0.327 e. The summed E-state index contributed by atoms with van der Waals surface area (Å²) < 4.78 is 1.26. The highest BCUT2D eigenvalue weighted by Gasteiger charge is 2.28. The molecular formula is C22H26N3OS+. The number of anilines is 1. The summed E-state index contributed by atoms with van der Waals surface area (Å²) in [5, 5.41) is 4.33. The molecule has 5 heteroatoms. The highest BCUT2D eigenvalue weighted by Crippen LogP contribution is 2.30. The molecule has 0 saturated carbocycles. The first kappa shape index (κ1) is 18.1. The number of aryl methyl sites for hydroxylation is 1. The molecule has 4 nitrogen and oxygen atoms in total. The van der Waals surface area contributed by atoms with Gasteiger partial charge < -0.3 is 10.2 Å². The Balaban J connectivity index is 1.40. The summed E-state index contributed by atoms with van der Waals surface area (Å²) >= 11 is 1.81. The smallest absolute Gasteiger partial charge is 0.279 e. The molecule has 4 rings (SSSR count). The molecule has 1 saturated heterocycles. The second kappa shape index (κ2) is 7.79. The third-order valence-electron chi connectivity index (χ3n) is 5.57. The summed E-state index contributed by atoms with van der Waals surface area (Å²) in [5.41, 5.74) is 4.37. The van der Waals surface area contributed by atoms with E-state index in [4.69, 9.17) is 4.98 Å². The number of fused-ring (bicyclic) bond motifs is 1. The van der Waals surface area contributed by atoms with Crippen LogP contribution in [0.4, 0.5) is 5.69 Å². The lowest BCUT2D eigenvalue weighted by Crippen LogP contribution is -3.14. The standard InChI is InChI=1S/C22H25N3OS/c1-15-7-5-10-18(16(15)2)23-21(26)14-25-12-6-8-17(13-25)22-24-19-9-3-4-11-20(19)27-22/h3-5,7,9-11,17H,6,8,12-14H2,1-2H3,(H,23,26)/p+1/t17-/m0/s1. The summed E-state index contributed by atoms with van der Waals surface area (Å²) in [4.78, 5) is 18.8. The summed E-state index contributed by atoms with van der Waals surface area (Å²) in [7, 11) is 0. The minimum Gasteiger partial charge on any atom is -0.327 e. The van der Waals surface area contributed by atoms with Crippen molar-refractivity contribution >= 4 is 33.1 Å². The van der Waals surface area contributed by atoms with Crippen molar-refractivity contribution in [3.8, 4) is 0 Å². The number of benzene rings is 2. The molecule has 1 aliphatic heterocycles. The van der Waals surface area contributed by atoms with Crippen molar-refractivity contribution in [1.82, 2.24) is 4.98 Å². The molecule has 1 aliphatic rings. The van der Waals surface area contributed by atoms with Crippen molar-refractivity contribution in [1.29, 1.82) is 0 Å². The van der Waals surface area contributed by atoms with Gasteiger partial charge in [0.25, 0.3) is 5.91 Å². The number of carbonyl (C=O) groups excluding carboxylic acids is 1. The molecule has 2 heterocycles. The fourth-order valence-corrected chi connectivity index (χ4v) is 5.00. The van der Waals surface area contributed by atoms with Crippen molar-refractivity contribution in [2.75, 3.05) is 25.0 Å². The number of aromatic nitrogens is 1. The molecule has 2 atom stereocenters. The molecular weight excluding hydrogens is 354 g/mol. The number of piperidine rings is 1. The Hall–Kier alpha value is -2.24. The first-order chi connectivity index (χ1) is 13.1. The van der Waals surface area contributed by atoms with Crippen molar-refractivity contribution in [3.63, 3.8) is 0 Å². The van der Waals surface area contributed by atoms with Crippen LogP contribution in [0.3, 0.4) is 0 Å². The highest BCUT2D eigenvalue weighted by atomic mass is 32.1. The van der Waals surface area contributed by atoms with E-state index >= 15 is 0 Å². The Morgan fingerprint density at radius 1 is 1.22 bits per heavy atom. The zero-order valence-corrected chi connectivity index (χ0v) is 16.7. The van der Waals surface area contributed by atoms with E-state index in [2.05, 4.69) is 43.4 Å². The minimum atomic E-state index is 0.101. The van der Waals surface area contributed by atoms with E-state index in [1.54, 1.807) is 11.3 Å². The number of carbonyl (C=O) groups is 1. The Morgan fingerprint density at radius 3 is 2.93 bits per heavy atom. The second-order valence-electron chi connectivity index (χ2n) is 7.54. The van der Waals surface area contributed by atoms with E-state index in [9.17, 15) is 4.79 Å². The number of hydrogen-bond donors (Lipinski definition) is 2. The third-order valence-corrected chi connectivity index (χ3v) is 6.77. The van der Waals surface area contributed by atoms with Gasteiger partial charge in [-0.3, -0.25) is 4.79 Å². The SMILES string of the molecule is Cc1cccc(NC(=O)C[NH+]2CCC[C@H](c3nc4ccccc4s3)C2)c1C. The molecule has 0 spiro atoms. The number of quaternary nitrogens is 1. The van der Waals surface area contributed by atoms with E-state index in [1.165, 1.54) is 26.6 Å². The average molecular weight is 381 g/mol. The van der Waals surface area contributed by atoms with Crippen LogP contribution in [0.2, 0.25) is 0 Å². The molecule has 1 unspecified atom stereocenters. The van der Waals surface area contributed by atoms with Crippen LogP contribution >= 0.6 is 11.3 Å². The maximum absolute atomic E-state index is 12.6.